The van der Waals surface area contributed by atoms with Gasteiger partial charge in [0.2, 0.25) is 0 Å². The number of nitrogens with zero attached hydrogens (tertiary/aromatic N) is 1. The van der Waals surface area contributed by atoms with E-state index in [0.717, 1.165) is 76.2 Å². The molecule has 8 heteroatoms. The van der Waals surface area contributed by atoms with Gasteiger partial charge in [0, 0.05) is 43.7 Å². The van der Waals surface area contributed by atoms with Crippen molar-refractivity contribution >= 4 is 6.03 Å². The van der Waals surface area contributed by atoms with Crippen LogP contribution < -0.4 is 16.3 Å². The van der Waals surface area contributed by atoms with E-state index in [9.17, 15) is 19.8 Å². The molecule has 0 aromatic carbocycles. The van der Waals surface area contributed by atoms with E-state index in [1.54, 1.807) is 6.26 Å². The molecule has 1 aliphatic heterocycles. The molecule has 2 heterocycles. The Labute approximate surface area is 238 Å². The number of piperidine rings is 1. The average Bonchev–Trinajstić information content (AvgIpc) is 3.23. The van der Waals surface area contributed by atoms with Gasteiger partial charge in [0.05, 0.1) is 18.0 Å². The molecule has 5 aliphatic rings. The van der Waals surface area contributed by atoms with E-state index < -0.39 is 5.60 Å². The fourth-order valence-electron chi connectivity index (χ4n) is 10.2. The molecule has 10 atom stereocenters. The van der Waals surface area contributed by atoms with Crippen molar-refractivity contribution in [2.75, 3.05) is 20.1 Å². The van der Waals surface area contributed by atoms with Crippen molar-refractivity contribution in [3.63, 3.8) is 0 Å². The molecule has 40 heavy (non-hydrogen) atoms. The number of fused-ring (bicyclic) bond motifs is 5. The average molecular weight is 556 g/mol. The van der Waals surface area contributed by atoms with Crippen LogP contribution in [0.15, 0.2) is 27.6 Å². The summed E-state index contributed by atoms with van der Waals surface area (Å²) in [5.41, 5.74) is 0.0190. The molecule has 0 radical (unpaired) electrons. The maximum Gasteiger partial charge on any atom is 0.335 e. The first-order valence-electron chi connectivity index (χ1n) is 15.8. The minimum atomic E-state index is -0.693. The number of aliphatic hydroxyl groups excluding tert-OH is 1. The summed E-state index contributed by atoms with van der Waals surface area (Å²) in [6.07, 6.45) is 12.2. The van der Waals surface area contributed by atoms with Gasteiger partial charge < -0.3 is 30.2 Å². The fourth-order valence-corrected chi connectivity index (χ4v) is 10.2. The molecule has 2 amide bonds. The molecule has 0 spiro atoms. The highest BCUT2D eigenvalue weighted by Gasteiger charge is 2.67. The number of hydrogen-bond acceptors (Lipinski definition) is 6. The van der Waals surface area contributed by atoms with Gasteiger partial charge in [-0.2, -0.15) is 0 Å². The van der Waals surface area contributed by atoms with Crippen molar-refractivity contribution in [1.82, 2.24) is 15.5 Å². The van der Waals surface area contributed by atoms with Crippen LogP contribution in [0.1, 0.15) is 96.0 Å². The summed E-state index contributed by atoms with van der Waals surface area (Å²) in [5, 5.41) is 28.6. The zero-order valence-corrected chi connectivity index (χ0v) is 24.5. The lowest BCUT2D eigenvalue weighted by Gasteiger charge is -2.64. The second kappa shape index (κ2) is 10.4. The summed E-state index contributed by atoms with van der Waals surface area (Å²) in [7, 11) is 1.95. The molecule has 4 saturated carbocycles. The van der Waals surface area contributed by atoms with Gasteiger partial charge in [0.1, 0.15) is 0 Å². The fraction of sp³-hybridized carbons (Fsp3) is 0.812. The Hall–Kier alpha value is -1.90. The van der Waals surface area contributed by atoms with Crippen molar-refractivity contribution in [3.05, 3.63) is 34.4 Å². The topological polar surface area (TPSA) is 115 Å². The first-order valence-corrected chi connectivity index (χ1v) is 15.8. The number of urea groups is 1. The minimum absolute atomic E-state index is 0.00620. The van der Waals surface area contributed by atoms with E-state index in [-0.39, 0.29) is 46.6 Å². The lowest BCUT2D eigenvalue weighted by atomic mass is 9.43. The van der Waals surface area contributed by atoms with E-state index >= 15 is 0 Å². The van der Waals surface area contributed by atoms with E-state index in [0.29, 0.717) is 30.8 Å². The zero-order chi connectivity index (χ0) is 28.3. The Bertz CT molecular complexity index is 1130. The highest BCUT2D eigenvalue weighted by Crippen LogP contribution is 2.70. The number of carbonyl (C=O) groups excluding carboxylic acids is 1. The molecule has 1 aromatic heterocycles. The van der Waals surface area contributed by atoms with Crippen molar-refractivity contribution in [3.8, 4) is 0 Å². The summed E-state index contributed by atoms with van der Waals surface area (Å²) < 4.78 is 5.24. The van der Waals surface area contributed by atoms with Crippen LogP contribution in [0.3, 0.4) is 0 Å². The minimum Gasteiger partial charge on any atom is -0.431 e. The molecular formula is C32H49N3O5. The molecule has 5 fully saturated rings. The molecule has 6 rings (SSSR count). The number of amides is 2. The number of β-amino-alcohol motifs (C(OH)–C–C–N with tert-alkyl or cyclic N) is 1. The van der Waals surface area contributed by atoms with Crippen LogP contribution >= 0.6 is 0 Å². The Morgan fingerprint density at radius 2 is 1.90 bits per heavy atom. The maximum absolute atomic E-state index is 13.1. The quantitative estimate of drug-likeness (QED) is 0.447. The van der Waals surface area contributed by atoms with Crippen LogP contribution in [-0.2, 0) is 0 Å². The van der Waals surface area contributed by atoms with Crippen LogP contribution in [0.4, 0.5) is 4.79 Å². The zero-order valence-electron chi connectivity index (χ0n) is 24.5. The molecule has 222 valence electrons. The summed E-state index contributed by atoms with van der Waals surface area (Å²) >= 11 is 0. The largest absolute Gasteiger partial charge is 0.431 e. The van der Waals surface area contributed by atoms with Gasteiger partial charge in [-0.25, -0.2) is 9.59 Å². The summed E-state index contributed by atoms with van der Waals surface area (Å²) in [5.74, 6) is 1.58. The SMILES string of the molecule is CN(C(=O)NCC1CCC(O)CN1)[C@H]1CC[C@@]2(C)[C@H](CC[C@@H]3[C@@H]2CC[C@]2(C)[C@@H](c4ccc(=O)oc4)CC[C@]32O)C1. The molecule has 1 saturated heterocycles. The van der Waals surface area contributed by atoms with Gasteiger partial charge in [-0.1, -0.05) is 13.8 Å². The van der Waals surface area contributed by atoms with Crippen molar-refractivity contribution < 1.29 is 19.4 Å². The van der Waals surface area contributed by atoms with Gasteiger partial charge in [-0.3, -0.25) is 0 Å². The van der Waals surface area contributed by atoms with Gasteiger partial charge in [0.25, 0.3) is 0 Å². The standard InChI is InChI=1S/C32H49N3O5/c1-30-13-10-23(35(3)29(38)34-17-22-6-7-24(36)18-33-22)16-21(30)5-8-27-26(30)11-14-31(2)25(12-15-32(27,31)39)20-4-9-28(37)40-19-20/h4,9,19,21-27,33,36,39H,5-8,10-18H2,1-3H3,(H,34,38)/t21-,22?,23+,24?,25-,26+,27-,30+,31-,32+/m1/s1. The predicted molar refractivity (Wildman–Crippen MR) is 153 cm³/mol. The third-order valence-corrected chi connectivity index (χ3v) is 12.8. The summed E-state index contributed by atoms with van der Waals surface area (Å²) in [6, 6.07) is 3.90. The lowest BCUT2D eigenvalue weighted by molar-refractivity contribution is -0.203. The highest BCUT2D eigenvalue weighted by atomic mass is 16.4. The maximum atomic E-state index is 13.1. The van der Waals surface area contributed by atoms with Crippen molar-refractivity contribution in [2.45, 2.75) is 114 Å². The molecule has 2 unspecified atom stereocenters. The Kier molecular flexibility index (Phi) is 7.36. The number of carbonyl (C=O) groups is 1. The predicted octanol–water partition coefficient (Wildman–Crippen LogP) is 4.00. The molecule has 4 N–H and O–H groups in total. The molecule has 4 aliphatic carbocycles. The molecule has 8 nitrogen and oxygen atoms in total. The van der Waals surface area contributed by atoms with E-state index in [4.69, 9.17) is 4.42 Å². The Balaban J connectivity index is 1.11. The van der Waals surface area contributed by atoms with E-state index in [1.165, 1.54) is 6.07 Å². The first kappa shape index (κ1) is 28.2. The van der Waals surface area contributed by atoms with Crippen LogP contribution in [0.2, 0.25) is 0 Å². The van der Waals surface area contributed by atoms with Crippen LogP contribution in [0.5, 0.6) is 0 Å². The number of aliphatic hydroxyl groups is 2. The van der Waals surface area contributed by atoms with Gasteiger partial charge in [-0.15, -0.1) is 0 Å². The van der Waals surface area contributed by atoms with Crippen molar-refractivity contribution in [1.29, 1.82) is 0 Å². The van der Waals surface area contributed by atoms with E-state index in [1.807, 2.05) is 18.0 Å². The number of hydrogen-bond donors (Lipinski definition) is 4. The van der Waals surface area contributed by atoms with Crippen molar-refractivity contribution in [2.24, 2.45) is 28.6 Å². The third-order valence-electron chi connectivity index (χ3n) is 12.8. The van der Waals surface area contributed by atoms with Crippen LogP contribution in [0, 0.1) is 28.6 Å². The third kappa shape index (κ3) is 4.53. The van der Waals surface area contributed by atoms with Crippen LogP contribution in [0.25, 0.3) is 0 Å². The van der Waals surface area contributed by atoms with Gasteiger partial charge in [0.15, 0.2) is 0 Å². The first-order chi connectivity index (χ1) is 19.0. The molecule has 0 bridgehead atoms. The lowest BCUT2D eigenvalue weighted by Crippen LogP contribution is -2.62. The molecule has 1 aromatic rings. The van der Waals surface area contributed by atoms with E-state index in [2.05, 4.69) is 24.5 Å². The smallest absolute Gasteiger partial charge is 0.335 e. The molecular weight excluding hydrogens is 506 g/mol. The second-order valence-electron chi connectivity index (χ2n) is 14.4. The monoisotopic (exact) mass is 555 g/mol. The number of rotatable bonds is 4. The normalized spacial score (nSPS) is 44.7. The Morgan fingerprint density at radius 3 is 2.62 bits per heavy atom. The second-order valence-corrected chi connectivity index (χ2v) is 14.4. The summed E-state index contributed by atoms with van der Waals surface area (Å²) in [4.78, 5) is 26.6. The Morgan fingerprint density at radius 1 is 1.07 bits per heavy atom. The van der Waals surface area contributed by atoms with Gasteiger partial charge >= 0.3 is 11.7 Å². The highest BCUT2D eigenvalue weighted by molar-refractivity contribution is 5.74. The number of nitrogens with one attached hydrogen (secondary N) is 2. The van der Waals surface area contributed by atoms with Gasteiger partial charge in [-0.05, 0) is 111 Å². The van der Waals surface area contributed by atoms with Crippen LogP contribution in [-0.4, -0.2) is 65.1 Å². The summed E-state index contributed by atoms with van der Waals surface area (Å²) in [6.45, 7) is 5.97.